The molecule has 2 rings (SSSR count). The number of methoxy groups -OCH3 is 2. The number of nitrogens with one attached hydrogen (secondary N) is 1. The van der Waals surface area contributed by atoms with Gasteiger partial charge in [-0.05, 0) is 32.4 Å². The van der Waals surface area contributed by atoms with Gasteiger partial charge < -0.3 is 24.2 Å². The number of hydrogen-bond acceptors (Lipinski definition) is 6. The van der Waals surface area contributed by atoms with Crippen molar-refractivity contribution in [2.24, 2.45) is 4.99 Å². The normalized spacial score (nSPS) is 11.4. The molecule has 8 nitrogen and oxygen atoms in total. The molecule has 148 valence electrons. The minimum absolute atomic E-state index is 0.657. The number of guanidine groups is 1. The number of nitrogens with zero attached hydrogens (tertiary/aromatic N) is 4. The van der Waals surface area contributed by atoms with Crippen LogP contribution in [0.15, 0.2) is 27.7 Å². The van der Waals surface area contributed by atoms with Crippen molar-refractivity contribution in [1.29, 1.82) is 0 Å². The van der Waals surface area contributed by atoms with E-state index in [2.05, 4.69) is 27.3 Å². The maximum Gasteiger partial charge on any atom is 0.226 e. The van der Waals surface area contributed by atoms with Crippen molar-refractivity contribution >= 4 is 5.96 Å². The summed E-state index contributed by atoms with van der Waals surface area (Å²) >= 11 is 0. The van der Waals surface area contributed by atoms with Gasteiger partial charge in [0.15, 0.2) is 11.8 Å². The van der Waals surface area contributed by atoms with Crippen molar-refractivity contribution in [2.75, 3.05) is 34.4 Å². The van der Waals surface area contributed by atoms with Gasteiger partial charge in [0.1, 0.15) is 11.5 Å². The molecule has 0 atom stereocenters. The van der Waals surface area contributed by atoms with E-state index in [9.17, 15) is 0 Å². The minimum Gasteiger partial charge on any atom is -0.497 e. The van der Waals surface area contributed by atoms with Crippen molar-refractivity contribution in [2.45, 2.75) is 33.2 Å². The fourth-order valence-corrected chi connectivity index (χ4v) is 2.64. The van der Waals surface area contributed by atoms with Crippen molar-refractivity contribution in [3.63, 3.8) is 0 Å². The molecule has 0 saturated heterocycles. The lowest BCUT2D eigenvalue weighted by atomic mass is 10.2. The van der Waals surface area contributed by atoms with Gasteiger partial charge in [0.05, 0.1) is 14.2 Å². The van der Waals surface area contributed by atoms with Crippen LogP contribution in [0.3, 0.4) is 0 Å². The molecule has 8 heteroatoms. The Morgan fingerprint density at radius 1 is 1.30 bits per heavy atom. The van der Waals surface area contributed by atoms with Crippen molar-refractivity contribution in [3.05, 3.63) is 35.5 Å². The third kappa shape index (κ3) is 6.16. The van der Waals surface area contributed by atoms with Gasteiger partial charge in [-0.15, -0.1) is 0 Å². The predicted octanol–water partition coefficient (Wildman–Crippen LogP) is 2.43. The van der Waals surface area contributed by atoms with E-state index in [-0.39, 0.29) is 0 Å². The lowest BCUT2D eigenvalue weighted by Gasteiger charge is -2.23. The van der Waals surface area contributed by atoms with Crippen LogP contribution in [0.1, 0.15) is 30.6 Å². The summed E-state index contributed by atoms with van der Waals surface area (Å²) in [6.07, 6.45) is 1.57. The van der Waals surface area contributed by atoms with Crippen LogP contribution in [0.2, 0.25) is 0 Å². The maximum atomic E-state index is 5.49. The van der Waals surface area contributed by atoms with Crippen molar-refractivity contribution in [1.82, 2.24) is 20.4 Å². The van der Waals surface area contributed by atoms with Crippen LogP contribution in [0, 0.1) is 6.92 Å². The molecule has 0 radical (unpaired) electrons. The number of rotatable bonds is 9. The second-order valence-corrected chi connectivity index (χ2v) is 6.11. The Kier molecular flexibility index (Phi) is 7.91. The Bertz CT molecular complexity index is 745. The summed E-state index contributed by atoms with van der Waals surface area (Å²) in [5.74, 6) is 3.73. The molecule has 0 aliphatic carbocycles. The summed E-state index contributed by atoms with van der Waals surface area (Å²) in [4.78, 5) is 11.0. The fraction of sp³-hybridized carbons (Fsp3) is 0.526. The maximum absolute atomic E-state index is 5.49. The highest BCUT2D eigenvalue weighted by Gasteiger charge is 2.11. The monoisotopic (exact) mass is 375 g/mol. The standard InChI is InChI=1S/C19H29N5O3/c1-6-20-19(21-11-7-8-18-22-14(2)23-27-18)24(3)13-15-9-10-16(25-4)12-17(15)26-5/h9-10,12H,6-8,11,13H2,1-5H3,(H,20,21). The molecule has 2 aromatic rings. The van der Waals surface area contributed by atoms with E-state index >= 15 is 0 Å². The third-order valence-electron chi connectivity index (χ3n) is 3.98. The van der Waals surface area contributed by atoms with Gasteiger partial charge in [0.25, 0.3) is 0 Å². The Morgan fingerprint density at radius 2 is 2.11 bits per heavy atom. The van der Waals surface area contributed by atoms with E-state index in [0.717, 1.165) is 42.4 Å². The molecule has 1 aromatic heterocycles. The van der Waals surface area contributed by atoms with Crippen molar-refractivity contribution in [3.8, 4) is 11.5 Å². The average molecular weight is 375 g/mol. The first kappa shape index (κ1) is 20.5. The predicted molar refractivity (Wildman–Crippen MR) is 104 cm³/mol. The van der Waals surface area contributed by atoms with Crippen LogP contribution in [0.25, 0.3) is 0 Å². The molecule has 0 bridgehead atoms. The molecule has 0 saturated carbocycles. The zero-order valence-electron chi connectivity index (χ0n) is 16.8. The second kappa shape index (κ2) is 10.4. The second-order valence-electron chi connectivity index (χ2n) is 6.11. The highest BCUT2D eigenvalue weighted by Crippen LogP contribution is 2.25. The van der Waals surface area contributed by atoms with Crippen LogP contribution >= 0.6 is 0 Å². The molecule has 0 aliphatic rings. The Morgan fingerprint density at radius 3 is 2.74 bits per heavy atom. The Labute approximate surface area is 160 Å². The molecule has 0 amide bonds. The van der Waals surface area contributed by atoms with E-state index in [1.807, 2.05) is 32.2 Å². The molecular formula is C19H29N5O3. The summed E-state index contributed by atoms with van der Waals surface area (Å²) in [5.41, 5.74) is 1.06. The van der Waals surface area contributed by atoms with Gasteiger partial charge >= 0.3 is 0 Å². The van der Waals surface area contributed by atoms with E-state index in [4.69, 9.17) is 19.0 Å². The van der Waals surface area contributed by atoms with Gasteiger partial charge in [-0.1, -0.05) is 5.16 Å². The molecule has 1 heterocycles. The number of ether oxygens (including phenoxy) is 2. The van der Waals surface area contributed by atoms with Gasteiger partial charge in [-0.2, -0.15) is 4.98 Å². The van der Waals surface area contributed by atoms with Crippen LogP contribution < -0.4 is 14.8 Å². The van der Waals surface area contributed by atoms with Crippen LogP contribution in [0.4, 0.5) is 0 Å². The topological polar surface area (TPSA) is 85.0 Å². The Balaban J connectivity index is 1.97. The highest BCUT2D eigenvalue weighted by atomic mass is 16.5. The number of benzene rings is 1. The number of aryl methyl sites for hydroxylation is 2. The molecule has 0 fully saturated rings. The van der Waals surface area contributed by atoms with Crippen LogP contribution in [-0.2, 0) is 13.0 Å². The van der Waals surface area contributed by atoms with Crippen LogP contribution in [-0.4, -0.2) is 55.4 Å². The number of hydrogen-bond donors (Lipinski definition) is 1. The quantitative estimate of drug-likeness (QED) is 0.409. The van der Waals surface area contributed by atoms with E-state index in [1.54, 1.807) is 14.2 Å². The summed E-state index contributed by atoms with van der Waals surface area (Å²) in [6.45, 7) is 6.01. The van der Waals surface area contributed by atoms with Gasteiger partial charge in [-0.3, -0.25) is 4.99 Å². The van der Waals surface area contributed by atoms with E-state index in [0.29, 0.717) is 24.8 Å². The minimum atomic E-state index is 0.657. The van der Waals surface area contributed by atoms with E-state index in [1.165, 1.54) is 0 Å². The number of aliphatic imine (C=N–C) groups is 1. The zero-order chi connectivity index (χ0) is 19.6. The fourth-order valence-electron chi connectivity index (χ4n) is 2.64. The first-order valence-electron chi connectivity index (χ1n) is 9.06. The first-order valence-corrected chi connectivity index (χ1v) is 9.06. The van der Waals surface area contributed by atoms with E-state index < -0.39 is 0 Å². The van der Waals surface area contributed by atoms with Crippen LogP contribution in [0.5, 0.6) is 11.5 Å². The lowest BCUT2D eigenvalue weighted by Crippen LogP contribution is -2.38. The summed E-state index contributed by atoms with van der Waals surface area (Å²) in [5, 5.41) is 7.12. The molecule has 0 spiro atoms. The molecular weight excluding hydrogens is 346 g/mol. The zero-order valence-corrected chi connectivity index (χ0v) is 16.8. The summed E-state index contributed by atoms with van der Waals surface area (Å²) < 4.78 is 15.9. The van der Waals surface area contributed by atoms with Gasteiger partial charge in [-0.25, -0.2) is 0 Å². The third-order valence-corrected chi connectivity index (χ3v) is 3.98. The largest absolute Gasteiger partial charge is 0.497 e. The molecule has 1 N–H and O–H groups in total. The highest BCUT2D eigenvalue weighted by molar-refractivity contribution is 5.79. The molecule has 0 aliphatic heterocycles. The number of aromatic nitrogens is 2. The SMILES string of the molecule is CCNC(=NCCCc1nc(C)no1)N(C)Cc1ccc(OC)cc1OC. The lowest BCUT2D eigenvalue weighted by molar-refractivity contribution is 0.372. The summed E-state index contributed by atoms with van der Waals surface area (Å²) in [6, 6.07) is 5.83. The smallest absolute Gasteiger partial charge is 0.226 e. The summed E-state index contributed by atoms with van der Waals surface area (Å²) in [7, 11) is 5.31. The van der Waals surface area contributed by atoms with Gasteiger partial charge in [0.2, 0.25) is 5.89 Å². The molecule has 27 heavy (non-hydrogen) atoms. The van der Waals surface area contributed by atoms with Gasteiger partial charge in [0, 0.05) is 44.7 Å². The Hall–Kier alpha value is -2.77. The molecule has 1 aromatic carbocycles. The molecule has 0 unspecified atom stereocenters. The van der Waals surface area contributed by atoms with Crippen molar-refractivity contribution < 1.29 is 14.0 Å². The first-order chi connectivity index (χ1) is 13.1. The average Bonchev–Trinajstić information content (AvgIpc) is 3.09.